The summed E-state index contributed by atoms with van der Waals surface area (Å²) in [4.78, 5) is 0. The van der Waals surface area contributed by atoms with E-state index in [-0.39, 0.29) is 0 Å². The van der Waals surface area contributed by atoms with E-state index in [1.807, 2.05) is 0 Å². The minimum Gasteiger partial charge on any atom is -0.161 e. The maximum atomic E-state index is 6.64. The number of rotatable bonds is 5. The highest BCUT2D eigenvalue weighted by atomic mass is 35.6. The lowest BCUT2D eigenvalue weighted by Gasteiger charge is -2.19. The number of halogens is 1. The molecule has 0 nitrogen and oxygen atoms in total. The predicted molar refractivity (Wildman–Crippen MR) is 67.9 cm³/mol. The zero-order valence-corrected chi connectivity index (χ0v) is 10.8. The highest BCUT2D eigenvalue weighted by molar-refractivity contribution is 7.26. The maximum absolute atomic E-state index is 6.64. The van der Waals surface area contributed by atoms with E-state index in [4.69, 9.17) is 11.1 Å². The smallest absolute Gasteiger partial charge is 0.161 e. The Kier molecular flexibility index (Phi) is 4.69. The summed E-state index contributed by atoms with van der Waals surface area (Å²) >= 11 is 6.64. The van der Waals surface area contributed by atoms with Gasteiger partial charge in [0, 0.05) is 0 Å². The fraction of sp³-hybridized carbons (Fsp3) is 0.500. The van der Waals surface area contributed by atoms with Gasteiger partial charge in [-0.2, -0.15) is 11.1 Å². The first-order valence-electron chi connectivity index (χ1n) is 5.41. The molecular weight excluding hydrogens is 208 g/mol. The minimum atomic E-state index is -1.64. The van der Waals surface area contributed by atoms with Crippen molar-refractivity contribution in [2.75, 3.05) is 0 Å². The summed E-state index contributed by atoms with van der Waals surface area (Å²) in [6, 6.07) is 11.8. The van der Waals surface area contributed by atoms with Crippen molar-refractivity contribution in [2.24, 2.45) is 0 Å². The van der Waals surface area contributed by atoms with Gasteiger partial charge in [-0.1, -0.05) is 63.1 Å². The lowest BCUT2D eigenvalue weighted by Crippen LogP contribution is -2.38. The van der Waals surface area contributed by atoms with Gasteiger partial charge in [-0.3, -0.25) is 0 Å². The van der Waals surface area contributed by atoms with Crippen LogP contribution in [0.2, 0.25) is 12.6 Å². The minimum absolute atomic E-state index is 1.20. The zero-order valence-electron chi connectivity index (χ0n) is 9.09. The van der Waals surface area contributed by atoms with Crippen LogP contribution in [0.3, 0.4) is 0 Å². The third-order valence-corrected chi connectivity index (χ3v) is 6.68. The van der Waals surface area contributed by atoms with Gasteiger partial charge >= 0.3 is 0 Å². The van der Waals surface area contributed by atoms with Crippen molar-refractivity contribution in [3.8, 4) is 0 Å². The summed E-state index contributed by atoms with van der Waals surface area (Å²) in [5, 5.41) is 1.37. The van der Waals surface area contributed by atoms with Crippen molar-refractivity contribution in [1.82, 2.24) is 0 Å². The molecule has 0 aliphatic heterocycles. The van der Waals surface area contributed by atoms with Crippen molar-refractivity contribution in [3.63, 3.8) is 0 Å². The first-order chi connectivity index (χ1) is 6.67. The van der Waals surface area contributed by atoms with Gasteiger partial charge in [0.15, 0.2) is 7.38 Å². The summed E-state index contributed by atoms with van der Waals surface area (Å²) < 4.78 is 0. The summed E-state index contributed by atoms with van der Waals surface area (Å²) in [5.41, 5.74) is 0. The van der Waals surface area contributed by atoms with Gasteiger partial charge in [-0.15, -0.1) is 0 Å². The van der Waals surface area contributed by atoms with Gasteiger partial charge < -0.3 is 0 Å². The Bertz CT molecular complexity index is 256. The van der Waals surface area contributed by atoms with E-state index in [0.29, 0.717) is 0 Å². The molecule has 0 fully saturated rings. The number of hydrogen-bond acceptors (Lipinski definition) is 0. The average Bonchev–Trinajstić information content (AvgIpc) is 2.19. The van der Waals surface area contributed by atoms with Crippen LogP contribution in [0, 0.1) is 0 Å². The molecule has 1 aromatic carbocycles. The van der Waals surface area contributed by atoms with Crippen molar-refractivity contribution < 1.29 is 0 Å². The van der Waals surface area contributed by atoms with E-state index in [9.17, 15) is 0 Å². The van der Waals surface area contributed by atoms with Gasteiger partial charge in [-0.25, -0.2) is 0 Å². The van der Waals surface area contributed by atoms with Gasteiger partial charge in [-0.05, 0) is 11.2 Å². The topological polar surface area (TPSA) is 0 Å². The third kappa shape index (κ3) is 3.47. The van der Waals surface area contributed by atoms with E-state index < -0.39 is 7.38 Å². The average molecular weight is 227 g/mol. The number of unbranched alkanes of at least 4 members (excludes halogenated alkanes) is 2. The second-order valence-corrected chi connectivity index (χ2v) is 10.00. The summed E-state index contributed by atoms with van der Waals surface area (Å²) in [5.74, 6) is 0. The molecule has 0 aliphatic carbocycles. The van der Waals surface area contributed by atoms with Crippen LogP contribution in [0.4, 0.5) is 0 Å². The molecule has 0 amide bonds. The van der Waals surface area contributed by atoms with E-state index in [2.05, 4.69) is 43.8 Å². The van der Waals surface area contributed by atoms with Crippen LogP contribution < -0.4 is 5.19 Å². The highest BCUT2D eigenvalue weighted by Gasteiger charge is 2.25. The molecule has 1 unspecified atom stereocenters. The molecule has 0 aliphatic rings. The quantitative estimate of drug-likeness (QED) is 0.406. The second kappa shape index (κ2) is 5.57. The van der Waals surface area contributed by atoms with Crippen LogP contribution in [0.15, 0.2) is 30.3 Å². The second-order valence-electron chi connectivity index (χ2n) is 4.02. The van der Waals surface area contributed by atoms with Crippen LogP contribution in [0.5, 0.6) is 0 Å². The largest absolute Gasteiger partial charge is 0.183 e. The Morgan fingerprint density at radius 2 is 1.79 bits per heavy atom. The predicted octanol–water partition coefficient (Wildman–Crippen LogP) is 3.90. The van der Waals surface area contributed by atoms with Gasteiger partial charge in [0.2, 0.25) is 0 Å². The Hall–Kier alpha value is -0.273. The van der Waals surface area contributed by atoms with Gasteiger partial charge in [0.1, 0.15) is 0 Å². The normalized spacial score (nSPS) is 15.1. The molecule has 0 bridgehead atoms. The van der Waals surface area contributed by atoms with E-state index in [1.165, 1.54) is 30.5 Å². The van der Waals surface area contributed by atoms with Crippen molar-refractivity contribution in [1.29, 1.82) is 0 Å². The SMILES string of the molecule is CCCCC[Si](C)(Cl)c1ccccc1. The molecule has 1 aromatic rings. The molecule has 14 heavy (non-hydrogen) atoms. The Morgan fingerprint density at radius 3 is 2.36 bits per heavy atom. The lowest BCUT2D eigenvalue weighted by atomic mass is 10.3. The summed E-state index contributed by atoms with van der Waals surface area (Å²) in [7, 11) is -1.64. The fourth-order valence-corrected chi connectivity index (χ4v) is 4.51. The van der Waals surface area contributed by atoms with Crippen molar-refractivity contribution in [2.45, 2.75) is 38.8 Å². The van der Waals surface area contributed by atoms with Crippen molar-refractivity contribution in [3.05, 3.63) is 30.3 Å². The molecule has 2 heteroatoms. The molecule has 0 saturated heterocycles. The molecule has 78 valence electrons. The van der Waals surface area contributed by atoms with Gasteiger partial charge in [0.25, 0.3) is 0 Å². The van der Waals surface area contributed by atoms with E-state index in [1.54, 1.807) is 0 Å². The third-order valence-electron chi connectivity index (χ3n) is 2.63. The Labute approximate surface area is 93.0 Å². The molecule has 1 atom stereocenters. The molecular formula is C12H19ClSi. The van der Waals surface area contributed by atoms with Crippen LogP contribution in [-0.4, -0.2) is 7.38 Å². The Morgan fingerprint density at radius 1 is 1.14 bits per heavy atom. The fourth-order valence-electron chi connectivity index (χ4n) is 1.64. The molecule has 0 heterocycles. The lowest BCUT2D eigenvalue weighted by molar-refractivity contribution is 0.766. The first-order valence-corrected chi connectivity index (χ1v) is 9.13. The first kappa shape index (κ1) is 11.8. The Balaban J connectivity index is 2.56. The van der Waals surface area contributed by atoms with Crippen molar-refractivity contribution >= 4 is 23.6 Å². The maximum Gasteiger partial charge on any atom is 0.183 e. The van der Waals surface area contributed by atoms with E-state index >= 15 is 0 Å². The highest BCUT2D eigenvalue weighted by Crippen LogP contribution is 2.18. The molecule has 0 saturated carbocycles. The van der Waals surface area contributed by atoms with E-state index in [0.717, 1.165) is 0 Å². The molecule has 0 spiro atoms. The molecule has 0 aromatic heterocycles. The summed E-state index contributed by atoms with van der Waals surface area (Å²) in [6.07, 6.45) is 3.86. The number of benzene rings is 1. The molecule has 0 N–H and O–H groups in total. The van der Waals surface area contributed by atoms with Crippen LogP contribution in [-0.2, 0) is 0 Å². The monoisotopic (exact) mass is 226 g/mol. The zero-order chi connectivity index (χ0) is 10.4. The van der Waals surface area contributed by atoms with Crippen LogP contribution in [0.1, 0.15) is 26.2 Å². The standard InChI is InChI=1S/C12H19ClSi/c1-3-4-8-11-14(2,13)12-9-6-5-7-10-12/h5-7,9-10H,3-4,8,11H2,1-2H3. The summed E-state index contributed by atoms with van der Waals surface area (Å²) in [6.45, 7) is 4.48. The molecule has 1 rings (SSSR count). The number of hydrogen-bond donors (Lipinski definition) is 0. The van der Waals surface area contributed by atoms with Crippen LogP contribution >= 0.6 is 11.1 Å². The van der Waals surface area contributed by atoms with Crippen LogP contribution in [0.25, 0.3) is 0 Å². The van der Waals surface area contributed by atoms with Gasteiger partial charge in [0.05, 0.1) is 0 Å². The molecule has 0 radical (unpaired) electrons.